The summed E-state index contributed by atoms with van der Waals surface area (Å²) in [6.45, 7) is 5.24. The Kier molecular flexibility index (Phi) is 2.66. The summed E-state index contributed by atoms with van der Waals surface area (Å²) in [6, 6.07) is 0.601. The molecule has 1 unspecified atom stereocenters. The van der Waals surface area contributed by atoms with Gasteiger partial charge in [0.2, 0.25) is 5.91 Å². The highest BCUT2D eigenvalue weighted by Gasteiger charge is 2.40. The Labute approximate surface area is 97.6 Å². The van der Waals surface area contributed by atoms with Gasteiger partial charge in [-0.15, -0.1) is 0 Å². The highest BCUT2D eigenvalue weighted by molar-refractivity contribution is 5.79. The summed E-state index contributed by atoms with van der Waals surface area (Å²) in [5.74, 6) is 2.09. The summed E-state index contributed by atoms with van der Waals surface area (Å²) in [5, 5.41) is 3.26. The van der Waals surface area contributed by atoms with Gasteiger partial charge in [0, 0.05) is 18.5 Å². The Morgan fingerprint density at radius 2 is 2.00 bits per heavy atom. The Balaban J connectivity index is 1.59. The van der Waals surface area contributed by atoms with Gasteiger partial charge in [0.05, 0.1) is 0 Å². The van der Waals surface area contributed by atoms with Crippen LogP contribution in [-0.4, -0.2) is 36.5 Å². The number of carbonyl (C=O) groups is 1. The summed E-state index contributed by atoms with van der Waals surface area (Å²) in [7, 11) is 0. The summed E-state index contributed by atoms with van der Waals surface area (Å²) in [4.78, 5) is 14.6. The molecule has 90 valence electrons. The molecule has 0 radical (unpaired) electrons. The van der Waals surface area contributed by atoms with Crippen molar-refractivity contribution in [2.75, 3.05) is 19.6 Å². The molecule has 0 bridgehead atoms. The molecular formula is C13H22N2O. The van der Waals surface area contributed by atoms with Crippen molar-refractivity contribution in [3.05, 3.63) is 0 Å². The van der Waals surface area contributed by atoms with Crippen molar-refractivity contribution in [3.63, 3.8) is 0 Å². The summed E-state index contributed by atoms with van der Waals surface area (Å²) >= 11 is 0. The van der Waals surface area contributed by atoms with Crippen LogP contribution >= 0.6 is 0 Å². The number of hydrogen-bond donors (Lipinski definition) is 1. The second-order valence-corrected chi connectivity index (χ2v) is 5.87. The van der Waals surface area contributed by atoms with Crippen LogP contribution in [0.3, 0.4) is 0 Å². The smallest absolute Gasteiger partial charge is 0.226 e. The van der Waals surface area contributed by atoms with Crippen LogP contribution < -0.4 is 5.32 Å². The van der Waals surface area contributed by atoms with Crippen molar-refractivity contribution < 1.29 is 4.79 Å². The van der Waals surface area contributed by atoms with E-state index in [-0.39, 0.29) is 5.92 Å². The van der Waals surface area contributed by atoms with Gasteiger partial charge in [0.1, 0.15) is 0 Å². The van der Waals surface area contributed by atoms with E-state index >= 15 is 0 Å². The maximum absolute atomic E-state index is 12.4. The average molecular weight is 222 g/mol. The molecule has 0 spiro atoms. The average Bonchev–Trinajstić information content (AvgIpc) is 3.01. The van der Waals surface area contributed by atoms with Crippen molar-refractivity contribution >= 4 is 5.91 Å². The summed E-state index contributed by atoms with van der Waals surface area (Å²) in [5.41, 5.74) is 0. The standard InChI is InChI=1S/C13H22N2O/c1-9(11-6-14-7-11)13(16)15(12-4-5-12)8-10-2-3-10/h9-12,14H,2-8H2,1H3. The molecule has 1 amide bonds. The highest BCUT2D eigenvalue weighted by Crippen LogP contribution is 2.36. The van der Waals surface area contributed by atoms with Gasteiger partial charge >= 0.3 is 0 Å². The third kappa shape index (κ3) is 2.10. The van der Waals surface area contributed by atoms with Crippen LogP contribution in [0.2, 0.25) is 0 Å². The minimum absolute atomic E-state index is 0.237. The van der Waals surface area contributed by atoms with Gasteiger partial charge in [-0.2, -0.15) is 0 Å². The van der Waals surface area contributed by atoms with Crippen molar-refractivity contribution in [2.24, 2.45) is 17.8 Å². The van der Waals surface area contributed by atoms with Crippen LogP contribution in [-0.2, 0) is 4.79 Å². The molecule has 16 heavy (non-hydrogen) atoms. The van der Waals surface area contributed by atoms with Gasteiger partial charge < -0.3 is 10.2 Å². The largest absolute Gasteiger partial charge is 0.339 e. The fourth-order valence-electron chi connectivity index (χ4n) is 2.51. The molecule has 2 aliphatic carbocycles. The molecule has 3 fully saturated rings. The zero-order valence-electron chi connectivity index (χ0n) is 10.1. The van der Waals surface area contributed by atoms with Gasteiger partial charge in [-0.25, -0.2) is 0 Å². The number of nitrogens with one attached hydrogen (secondary N) is 1. The maximum atomic E-state index is 12.4. The Morgan fingerprint density at radius 1 is 1.31 bits per heavy atom. The van der Waals surface area contributed by atoms with Crippen LogP contribution in [0.1, 0.15) is 32.6 Å². The van der Waals surface area contributed by atoms with Crippen LogP contribution in [0.4, 0.5) is 0 Å². The van der Waals surface area contributed by atoms with E-state index in [1.165, 1.54) is 25.7 Å². The quantitative estimate of drug-likeness (QED) is 0.759. The fraction of sp³-hybridized carbons (Fsp3) is 0.923. The molecule has 2 saturated carbocycles. The minimum Gasteiger partial charge on any atom is -0.339 e. The Morgan fingerprint density at radius 3 is 2.44 bits per heavy atom. The molecule has 3 aliphatic rings. The van der Waals surface area contributed by atoms with Gasteiger partial charge in [0.15, 0.2) is 0 Å². The van der Waals surface area contributed by atoms with Gasteiger partial charge in [-0.3, -0.25) is 4.79 Å². The third-order valence-electron chi connectivity index (χ3n) is 4.33. The lowest BCUT2D eigenvalue weighted by atomic mass is 9.88. The first-order valence-corrected chi connectivity index (χ1v) is 6.77. The first-order valence-electron chi connectivity index (χ1n) is 6.77. The third-order valence-corrected chi connectivity index (χ3v) is 4.33. The van der Waals surface area contributed by atoms with Crippen molar-refractivity contribution in [2.45, 2.75) is 38.6 Å². The Hall–Kier alpha value is -0.570. The lowest BCUT2D eigenvalue weighted by Gasteiger charge is -2.35. The normalized spacial score (nSPS) is 27.3. The fourth-order valence-corrected chi connectivity index (χ4v) is 2.51. The van der Waals surface area contributed by atoms with E-state index in [4.69, 9.17) is 0 Å². The minimum atomic E-state index is 0.237. The predicted octanol–water partition coefficient (Wildman–Crippen LogP) is 1.24. The van der Waals surface area contributed by atoms with Crippen molar-refractivity contribution in [3.8, 4) is 0 Å². The number of amides is 1. The van der Waals surface area contributed by atoms with Crippen LogP contribution in [0.15, 0.2) is 0 Å². The Bertz CT molecular complexity index is 280. The topological polar surface area (TPSA) is 32.3 Å². The predicted molar refractivity (Wildman–Crippen MR) is 63.0 cm³/mol. The lowest BCUT2D eigenvalue weighted by molar-refractivity contribution is -0.138. The van der Waals surface area contributed by atoms with Crippen LogP contribution in [0.5, 0.6) is 0 Å². The molecule has 3 rings (SSSR count). The number of rotatable bonds is 5. The van der Waals surface area contributed by atoms with Crippen molar-refractivity contribution in [1.29, 1.82) is 0 Å². The molecule has 0 aromatic heterocycles. The van der Waals surface area contributed by atoms with E-state index in [1.54, 1.807) is 0 Å². The number of nitrogens with zero attached hydrogens (tertiary/aromatic N) is 1. The molecule has 1 aliphatic heterocycles. The SMILES string of the molecule is CC(C(=O)N(CC1CC1)C1CC1)C1CNC1. The highest BCUT2D eigenvalue weighted by atomic mass is 16.2. The van der Waals surface area contributed by atoms with Crippen LogP contribution in [0.25, 0.3) is 0 Å². The van der Waals surface area contributed by atoms with Gasteiger partial charge in [-0.05, 0) is 50.6 Å². The molecule has 3 heteroatoms. The lowest BCUT2D eigenvalue weighted by Crippen LogP contribution is -2.51. The molecule has 1 N–H and O–H groups in total. The van der Waals surface area contributed by atoms with E-state index < -0.39 is 0 Å². The number of hydrogen-bond acceptors (Lipinski definition) is 2. The second kappa shape index (κ2) is 4.02. The molecule has 3 nitrogen and oxygen atoms in total. The molecule has 0 aromatic carbocycles. The van der Waals surface area contributed by atoms with Crippen molar-refractivity contribution in [1.82, 2.24) is 10.2 Å². The maximum Gasteiger partial charge on any atom is 0.226 e. The van der Waals surface area contributed by atoms with E-state index in [9.17, 15) is 4.79 Å². The molecule has 0 aromatic rings. The first-order chi connectivity index (χ1) is 7.75. The van der Waals surface area contributed by atoms with E-state index in [0.717, 1.165) is 25.6 Å². The first kappa shape index (κ1) is 10.6. The summed E-state index contributed by atoms with van der Waals surface area (Å²) < 4.78 is 0. The monoisotopic (exact) mass is 222 g/mol. The molecule has 1 atom stereocenters. The zero-order valence-corrected chi connectivity index (χ0v) is 10.1. The van der Waals surface area contributed by atoms with Crippen LogP contribution in [0, 0.1) is 17.8 Å². The molecule has 1 saturated heterocycles. The molecular weight excluding hydrogens is 200 g/mol. The van der Waals surface area contributed by atoms with Gasteiger partial charge in [-0.1, -0.05) is 6.92 Å². The van der Waals surface area contributed by atoms with Gasteiger partial charge in [0.25, 0.3) is 0 Å². The molecule has 1 heterocycles. The zero-order chi connectivity index (χ0) is 11.1. The second-order valence-electron chi connectivity index (χ2n) is 5.87. The summed E-state index contributed by atoms with van der Waals surface area (Å²) in [6.07, 6.45) is 5.17. The van der Waals surface area contributed by atoms with E-state index in [2.05, 4.69) is 17.1 Å². The van der Waals surface area contributed by atoms with E-state index in [1.807, 2.05) is 0 Å². The number of carbonyl (C=O) groups excluding carboxylic acids is 1. The van der Waals surface area contributed by atoms with E-state index in [0.29, 0.717) is 17.9 Å².